The molecule has 0 bridgehead atoms. The molecule has 0 spiro atoms. The van der Waals surface area contributed by atoms with E-state index in [4.69, 9.17) is 60.5 Å². The predicted octanol–water partition coefficient (Wildman–Crippen LogP) is 14.4. The second kappa shape index (κ2) is 32.3. The van der Waals surface area contributed by atoms with Crippen molar-refractivity contribution in [1.29, 1.82) is 0 Å². The van der Waals surface area contributed by atoms with E-state index in [1.54, 1.807) is 34.1 Å². The van der Waals surface area contributed by atoms with E-state index in [-0.39, 0.29) is 66.5 Å². The molecule has 6 aromatic rings. The van der Waals surface area contributed by atoms with Gasteiger partial charge in [-0.3, -0.25) is 9.52 Å². The molecule has 494 valence electrons. The molecule has 3 fully saturated rings. The van der Waals surface area contributed by atoms with Crippen LogP contribution in [-0.4, -0.2) is 129 Å². The molecule has 6 atom stereocenters. The van der Waals surface area contributed by atoms with Gasteiger partial charge in [0.1, 0.15) is 17.8 Å². The average molecular weight is 1340 g/mol. The highest BCUT2D eigenvalue weighted by Gasteiger charge is 2.36. The number of halogens is 3. The summed E-state index contributed by atoms with van der Waals surface area (Å²) < 4.78 is 42.3. The SMILES string of the molecule is CC(C)(C)OC(=O)N1CCCC(C(Cc2cccc(Cl)c2)NC(=O)OCC2c3ccccc3-c3ccccc32)C1.CC(C)(C)OC(=O)N1CCCC(C(N)Cc2cccc(Cl)c2)C1.CS(=O)(=O)Nc1cccc(C(=O)N2CCCC(C(N)Cc3cccc(Cl)c3)C2)c1. The number of fused-ring (bicyclic) bond motifs is 3. The molecule has 3 heterocycles. The monoisotopic (exact) mass is 1330 g/mol. The molecule has 3 aliphatic heterocycles. The minimum absolute atomic E-state index is 0.0122. The summed E-state index contributed by atoms with van der Waals surface area (Å²) in [4.78, 5) is 56.7. The van der Waals surface area contributed by atoms with Crippen LogP contribution in [0.5, 0.6) is 0 Å². The van der Waals surface area contributed by atoms with Crippen LogP contribution in [0.4, 0.5) is 20.1 Å². The molecule has 16 nitrogen and oxygen atoms in total. The van der Waals surface area contributed by atoms with Crippen molar-refractivity contribution in [2.45, 2.75) is 135 Å². The minimum Gasteiger partial charge on any atom is -0.449 e. The van der Waals surface area contributed by atoms with Crippen molar-refractivity contribution in [2.75, 3.05) is 56.9 Å². The zero-order chi connectivity index (χ0) is 66.3. The number of rotatable bonds is 15. The Morgan fingerprint density at radius 3 is 1.45 bits per heavy atom. The van der Waals surface area contributed by atoms with Gasteiger partial charge >= 0.3 is 18.3 Å². The summed E-state index contributed by atoms with van der Waals surface area (Å²) in [6.07, 6.45) is 7.72. The topological polar surface area (TPSA) is 216 Å². The number of ether oxygens (including phenoxy) is 3. The third-order valence-electron chi connectivity index (χ3n) is 16.9. The van der Waals surface area contributed by atoms with Gasteiger partial charge in [0.15, 0.2) is 0 Å². The Kier molecular flexibility index (Phi) is 24.9. The van der Waals surface area contributed by atoms with Crippen LogP contribution in [-0.2, 0) is 43.5 Å². The second-order valence-corrected chi connectivity index (χ2v) is 29.7. The second-order valence-electron chi connectivity index (χ2n) is 26.7. The number of hydrogen-bond acceptors (Lipinski definition) is 11. The summed E-state index contributed by atoms with van der Waals surface area (Å²) in [6, 6.07) is 46.0. The van der Waals surface area contributed by atoms with Gasteiger partial charge in [0.2, 0.25) is 10.0 Å². The number of nitrogens with two attached hydrogens (primary N) is 2. The number of carbonyl (C=O) groups excluding carboxylic acids is 4. The first-order valence-electron chi connectivity index (χ1n) is 31.8. The normalized spacial score (nSPS) is 18.4. The maximum atomic E-state index is 13.3. The van der Waals surface area contributed by atoms with Crippen LogP contribution in [0.25, 0.3) is 11.1 Å². The molecule has 6 unspecified atom stereocenters. The maximum absolute atomic E-state index is 13.3. The number of nitrogens with one attached hydrogen (secondary N) is 2. The first-order valence-corrected chi connectivity index (χ1v) is 34.8. The van der Waals surface area contributed by atoms with Gasteiger partial charge in [-0.2, -0.15) is 0 Å². The molecular formula is C72H90Cl3N7O9S. The summed E-state index contributed by atoms with van der Waals surface area (Å²) in [5, 5.41) is 5.22. The Morgan fingerprint density at radius 1 is 0.554 bits per heavy atom. The number of amides is 4. The summed E-state index contributed by atoms with van der Waals surface area (Å²) in [7, 11) is -3.40. The van der Waals surface area contributed by atoms with Gasteiger partial charge in [0, 0.05) is 89.6 Å². The number of carbonyl (C=O) groups is 4. The highest BCUT2D eigenvalue weighted by atomic mass is 35.5. The van der Waals surface area contributed by atoms with Crippen molar-refractivity contribution in [3.8, 4) is 11.1 Å². The number of nitrogens with zero attached hydrogens (tertiary/aromatic N) is 3. The molecule has 0 saturated carbocycles. The number of likely N-dealkylation sites (tertiary alicyclic amines) is 3. The maximum Gasteiger partial charge on any atom is 0.410 e. The van der Waals surface area contributed by atoms with E-state index in [9.17, 15) is 27.6 Å². The largest absolute Gasteiger partial charge is 0.449 e. The number of alkyl carbamates (subject to hydrolysis) is 1. The summed E-state index contributed by atoms with van der Waals surface area (Å²) in [5.41, 5.74) is 20.7. The van der Waals surface area contributed by atoms with E-state index in [1.807, 2.05) is 144 Å². The quantitative estimate of drug-likeness (QED) is 0.0709. The van der Waals surface area contributed by atoms with Crippen LogP contribution in [0, 0.1) is 17.8 Å². The predicted molar refractivity (Wildman–Crippen MR) is 368 cm³/mol. The number of hydrogen-bond donors (Lipinski definition) is 4. The molecule has 0 aromatic heterocycles. The molecule has 6 aromatic carbocycles. The smallest absolute Gasteiger partial charge is 0.410 e. The van der Waals surface area contributed by atoms with Gasteiger partial charge < -0.3 is 45.7 Å². The molecule has 4 aliphatic rings. The summed E-state index contributed by atoms with van der Waals surface area (Å²) in [5.74, 6) is 0.406. The van der Waals surface area contributed by atoms with Crippen LogP contribution in [0.2, 0.25) is 15.1 Å². The first kappa shape index (κ1) is 71.0. The third kappa shape index (κ3) is 21.6. The Labute approximate surface area is 559 Å². The van der Waals surface area contributed by atoms with Gasteiger partial charge in [0.25, 0.3) is 5.91 Å². The minimum atomic E-state index is -3.40. The van der Waals surface area contributed by atoms with Crippen LogP contribution in [0.1, 0.15) is 124 Å². The van der Waals surface area contributed by atoms with E-state index in [0.717, 1.165) is 79.5 Å². The molecular weight excluding hydrogens is 1250 g/mol. The van der Waals surface area contributed by atoms with Crippen LogP contribution in [0.15, 0.2) is 146 Å². The van der Waals surface area contributed by atoms with Crippen LogP contribution < -0.4 is 21.5 Å². The van der Waals surface area contributed by atoms with Crippen LogP contribution in [0.3, 0.4) is 0 Å². The average Bonchev–Trinajstić information content (AvgIpc) is 1.62. The van der Waals surface area contributed by atoms with Crippen molar-refractivity contribution in [3.63, 3.8) is 0 Å². The molecule has 3 saturated heterocycles. The molecule has 0 radical (unpaired) electrons. The van der Waals surface area contributed by atoms with Crippen molar-refractivity contribution < 1.29 is 41.8 Å². The van der Waals surface area contributed by atoms with Gasteiger partial charge in [-0.15, -0.1) is 0 Å². The molecule has 10 rings (SSSR count). The lowest BCUT2D eigenvalue weighted by Gasteiger charge is -2.37. The van der Waals surface area contributed by atoms with E-state index >= 15 is 0 Å². The summed E-state index contributed by atoms with van der Waals surface area (Å²) >= 11 is 18.4. The van der Waals surface area contributed by atoms with Crippen LogP contribution >= 0.6 is 34.8 Å². The Hall–Kier alpha value is -6.86. The van der Waals surface area contributed by atoms with E-state index in [2.05, 4.69) is 34.3 Å². The lowest BCUT2D eigenvalue weighted by molar-refractivity contribution is 0.0137. The fraction of sp³-hybridized carbons (Fsp3) is 0.444. The van der Waals surface area contributed by atoms with Crippen molar-refractivity contribution in [2.24, 2.45) is 29.2 Å². The van der Waals surface area contributed by atoms with Gasteiger partial charge in [-0.05, 0) is 211 Å². The van der Waals surface area contributed by atoms with Gasteiger partial charge in [-0.25, -0.2) is 22.8 Å². The Balaban J connectivity index is 0.000000185. The molecule has 1 aliphatic carbocycles. The zero-order valence-corrected chi connectivity index (χ0v) is 57.0. The zero-order valence-electron chi connectivity index (χ0n) is 53.9. The lowest BCUT2D eigenvalue weighted by Crippen LogP contribution is -2.51. The van der Waals surface area contributed by atoms with Crippen molar-refractivity contribution in [1.82, 2.24) is 20.0 Å². The first-order chi connectivity index (χ1) is 43.6. The fourth-order valence-electron chi connectivity index (χ4n) is 12.6. The highest BCUT2D eigenvalue weighted by Crippen LogP contribution is 2.44. The Morgan fingerprint density at radius 2 is 0.978 bits per heavy atom. The van der Waals surface area contributed by atoms with Gasteiger partial charge in [-0.1, -0.05) is 126 Å². The van der Waals surface area contributed by atoms with Gasteiger partial charge in [0.05, 0.1) is 6.26 Å². The molecule has 4 amide bonds. The molecule has 92 heavy (non-hydrogen) atoms. The third-order valence-corrected chi connectivity index (χ3v) is 18.2. The van der Waals surface area contributed by atoms with Crippen molar-refractivity contribution >= 4 is 74.7 Å². The fourth-order valence-corrected chi connectivity index (χ4v) is 13.8. The number of anilines is 1. The standard InChI is InChI=1S/C33H37ClN2O4.C21H26ClN3O3S.C18H27ClN2O2/c1-33(2,3)40-32(38)36-17-9-11-23(20-36)30(19-22-10-8-12-24(34)18-22)35-31(37)39-21-29-27-15-6-4-13-25(27)26-14-5-7-16-28(26)29;1-29(27,28)24-19-9-3-6-16(13-19)21(26)25-10-4-7-17(14-25)20(23)12-15-5-2-8-18(22)11-15;1-18(2,3)23-17(22)21-9-5-7-14(12-21)16(20)11-13-6-4-8-15(19)10-13/h4-8,10,12-16,18,23,29-30H,9,11,17,19-21H2,1-3H3,(H,35,37);2-3,5-6,8-9,11,13,17,20,24H,4,7,10,12,14,23H2,1H3;4,6,8,10,14,16H,5,7,9,11-12,20H2,1-3H3. The Bertz CT molecular complexity index is 3560. The molecule has 6 N–H and O–H groups in total. The number of sulfonamides is 1. The number of piperidine rings is 3. The highest BCUT2D eigenvalue weighted by molar-refractivity contribution is 7.92. The number of benzene rings is 6. The van der Waals surface area contributed by atoms with E-state index < -0.39 is 27.3 Å². The van der Waals surface area contributed by atoms with E-state index in [0.29, 0.717) is 66.9 Å². The van der Waals surface area contributed by atoms with Crippen molar-refractivity contribution in [3.05, 3.63) is 194 Å². The molecule has 20 heteroatoms. The van der Waals surface area contributed by atoms with E-state index in [1.165, 1.54) is 22.3 Å². The summed E-state index contributed by atoms with van der Waals surface area (Å²) in [6.45, 7) is 15.3. The lowest BCUT2D eigenvalue weighted by atomic mass is 9.87.